The number of halogens is 1. The smallest absolute Gasteiger partial charge is 0.224 e. The Kier molecular flexibility index (Phi) is 8.82. The summed E-state index contributed by atoms with van der Waals surface area (Å²) in [6, 6.07) is 4.99. The van der Waals surface area contributed by atoms with E-state index in [0.29, 0.717) is 49.1 Å². The maximum absolute atomic E-state index is 11.7. The van der Waals surface area contributed by atoms with E-state index < -0.39 is 0 Å². The summed E-state index contributed by atoms with van der Waals surface area (Å²) in [6.07, 6.45) is 2.05. The SMILES string of the molecule is CCCOCCOCCCC(=O)Nc1ccc(Cl)cc1N. The molecule has 0 aliphatic heterocycles. The van der Waals surface area contributed by atoms with Crippen LogP contribution in [0.5, 0.6) is 0 Å². The number of carbonyl (C=O) groups excluding carboxylic acids is 1. The van der Waals surface area contributed by atoms with Crippen LogP contribution in [0.15, 0.2) is 18.2 Å². The monoisotopic (exact) mass is 314 g/mol. The van der Waals surface area contributed by atoms with Crippen molar-refractivity contribution in [3.63, 3.8) is 0 Å². The standard InChI is InChI=1S/C15H23ClN2O3/c1-2-7-20-9-10-21-8-3-4-15(19)18-14-6-5-12(16)11-13(14)17/h5-6,11H,2-4,7-10,17H2,1H3,(H,18,19). The summed E-state index contributed by atoms with van der Waals surface area (Å²) in [7, 11) is 0. The Morgan fingerprint density at radius 2 is 1.95 bits per heavy atom. The second-order valence-electron chi connectivity index (χ2n) is 4.61. The lowest BCUT2D eigenvalue weighted by atomic mass is 10.2. The molecule has 1 aromatic rings. The Bertz CT molecular complexity index is 441. The molecule has 0 radical (unpaired) electrons. The zero-order chi connectivity index (χ0) is 15.5. The van der Waals surface area contributed by atoms with E-state index in [4.69, 9.17) is 26.8 Å². The minimum atomic E-state index is -0.0881. The second-order valence-corrected chi connectivity index (χ2v) is 5.04. The van der Waals surface area contributed by atoms with Crippen molar-refractivity contribution < 1.29 is 14.3 Å². The lowest BCUT2D eigenvalue weighted by molar-refractivity contribution is -0.116. The Morgan fingerprint density at radius 1 is 1.24 bits per heavy atom. The summed E-state index contributed by atoms with van der Waals surface area (Å²) >= 11 is 5.80. The van der Waals surface area contributed by atoms with Gasteiger partial charge >= 0.3 is 0 Å². The molecule has 118 valence electrons. The summed E-state index contributed by atoms with van der Waals surface area (Å²) in [6.45, 7) is 4.52. The van der Waals surface area contributed by atoms with Crippen molar-refractivity contribution in [1.29, 1.82) is 0 Å². The number of ether oxygens (including phenoxy) is 2. The summed E-state index contributed by atoms with van der Waals surface area (Å²) in [5.74, 6) is -0.0881. The molecule has 0 aromatic heterocycles. The molecule has 0 fully saturated rings. The quantitative estimate of drug-likeness (QED) is 0.514. The Balaban J connectivity index is 2.11. The molecule has 0 aliphatic carbocycles. The van der Waals surface area contributed by atoms with E-state index in [2.05, 4.69) is 12.2 Å². The van der Waals surface area contributed by atoms with Gasteiger partial charge in [0.05, 0.1) is 24.6 Å². The summed E-state index contributed by atoms with van der Waals surface area (Å²) in [4.78, 5) is 11.7. The highest BCUT2D eigenvalue weighted by Gasteiger charge is 2.05. The van der Waals surface area contributed by atoms with Crippen LogP contribution in [-0.2, 0) is 14.3 Å². The first-order valence-corrected chi connectivity index (χ1v) is 7.51. The molecule has 1 rings (SSSR count). The third-order valence-corrected chi connectivity index (χ3v) is 2.94. The third kappa shape index (κ3) is 7.90. The fourth-order valence-electron chi connectivity index (χ4n) is 1.66. The van der Waals surface area contributed by atoms with Gasteiger partial charge in [-0.15, -0.1) is 0 Å². The van der Waals surface area contributed by atoms with Crippen molar-refractivity contribution in [3.8, 4) is 0 Å². The molecule has 0 unspecified atom stereocenters. The molecule has 0 spiro atoms. The van der Waals surface area contributed by atoms with E-state index in [9.17, 15) is 4.79 Å². The van der Waals surface area contributed by atoms with Crippen LogP contribution in [0.4, 0.5) is 11.4 Å². The van der Waals surface area contributed by atoms with Crippen molar-refractivity contribution in [2.45, 2.75) is 26.2 Å². The predicted molar refractivity (Wildman–Crippen MR) is 85.7 cm³/mol. The Labute approximate surface area is 130 Å². The topological polar surface area (TPSA) is 73.6 Å². The fraction of sp³-hybridized carbons (Fsp3) is 0.533. The highest BCUT2D eigenvalue weighted by atomic mass is 35.5. The minimum Gasteiger partial charge on any atom is -0.397 e. The van der Waals surface area contributed by atoms with E-state index in [0.717, 1.165) is 13.0 Å². The lowest BCUT2D eigenvalue weighted by Crippen LogP contribution is -2.14. The van der Waals surface area contributed by atoms with Crippen LogP contribution in [0.25, 0.3) is 0 Å². The molecule has 1 amide bonds. The van der Waals surface area contributed by atoms with Crippen molar-refractivity contribution in [3.05, 3.63) is 23.2 Å². The highest BCUT2D eigenvalue weighted by Crippen LogP contribution is 2.22. The number of carbonyl (C=O) groups is 1. The summed E-state index contributed by atoms with van der Waals surface area (Å²) in [5, 5.41) is 3.30. The van der Waals surface area contributed by atoms with Crippen molar-refractivity contribution in [2.24, 2.45) is 0 Å². The van der Waals surface area contributed by atoms with E-state index >= 15 is 0 Å². The van der Waals surface area contributed by atoms with Gasteiger partial charge in [0, 0.05) is 24.7 Å². The Morgan fingerprint density at radius 3 is 2.62 bits per heavy atom. The molecule has 0 bridgehead atoms. The zero-order valence-corrected chi connectivity index (χ0v) is 13.1. The molecule has 3 N–H and O–H groups in total. The third-order valence-electron chi connectivity index (χ3n) is 2.70. The van der Waals surface area contributed by atoms with Crippen LogP contribution in [0.3, 0.4) is 0 Å². The number of amides is 1. The van der Waals surface area contributed by atoms with E-state index in [1.54, 1.807) is 18.2 Å². The van der Waals surface area contributed by atoms with Crippen LogP contribution in [-0.4, -0.2) is 32.3 Å². The largest absolute Gasteiger partial charge is 0.397 e. The van der Waals surface area contributed by atoms with Gasteiger partial charge < -0.3 is 20.5 Å². The molecule has 6 heteroatoms. The summed E-state index contributed by atoms with van der Waals surface area (Å²) in [5.41, 5.74) is 6.81. The molecular weight excluding hydrogens is 292 g/mol. The van der Waals surface area contributed by atoms with Crippen LogP contribution in [0.1, 0.15) is 26.2 Å². The molecule has 1 aromatic carbocycles. The first kappa shape index (κ1) is 17.8. The molecule has 0 saturated heterocycles. The van der Waals surface area contributed by atoms with Crippen molar-refractivity contribution in [2.75, 3.05) is 37.5 Å². The van der Waals surface area contributed by atoms with Gasteiger partial charge in [0.2, 0.25) is 5.91 Å². The number of hydrogen-bond acceptors (Lipinski definition) is 4. The zero-order valence-electron chi connectivity index (χ0n) is 12.4. The summed E-state index contributed by atoms with van der Waals surface area (Å²) < 4.78 is 10.7. The normalized spacial score (nSPS) is 10.6. The predicted octanol–water partition coefficient (Wildman–Crippen LogP) is 3.08. The molecule has 5 nitrogen and oxygen atoms in total. The van der Waals surface area contributed by atoms with Gasteiger partial charge in [0.25, 0.3) is 0 Å². The van der Waals surface area contributed by atoms with E-state index in [1.807, 2.05) is 0 Å². The molecular formula is C15H23ClN2O3. The van der Waals surface area contributed by atoms with Gasteiger partial charge in [0.1, 0.15) is 0 Å². The van der Waals surface area contributed by atoms with Crippen LogP contribution in [0, 0.1) is 0 Å². The first-order valence-electron chi connectivity index (χ1n) is 7.14. The highest BCUT2D eigenvalue weighted by molar-refractivity contribution is 6.31. The van der Waals surface area contributed by atoms with Crippen LogP contribution in [0.2, 0.25) is 5.02 Å². The molecule has 0 atom stereocenters. The average Bonchev–Trinajstić information content (AvgIpc) is 2.45. The Hall–Kier alpha value is -1.30. The lowest BCUT2D eigenvalue weighted by Gasteiger charge is -2.08. The second kappa shape index (κ2) is 10.4. The van der Waals surface area contributed by atoms with Crippen molar-refractivity contribution >= 4 is 28.9 Å². The number of nitrogens with two attached hydrogens (primary N) is 1. The van der Waals surface area contributed by atoms with Crippen LogP contribution >= 0.6 is 11.6 Å². The van der Waals surface area contributed by atoms with Crippen molar-refractivity contribution in [1.82, 2.24) is 0 Å². The molecule has 0 saturated carbocycles. The molecule has 0 aliphatic rings. The maximum atomic E-state index is 11.7. The number of benzene rings is 1. The van der Waals surface area contributed by atoms with Gasteiger partial charge in [-0.3, -0.25) is 4.79 Å². The number of anilines is 2. The number of rotatable bonds is 10. The maximum Gasteiger partial charge on any atom is 0.224 e. The van der Waals surface area contributed by atoms with Gasteiger partial charge in [-0.05, 0) is 31.0 Å². The van der Waals surface area contributed by atoms with E-state index in [-0.39, 0.29) is 5.91 Å². The minimum absolute atomic E-state index is 0.0881. The van der Waals surface area contributed by atoms with Gasteiger partial charge in [-0.2, -0.15) is 0 Å². The van der Waals surface area contributed by atoms with Gasteiger partial charge in [0.15, 0.2) is 0 Å². The number of hydrogen-bond donors (Lipinski definition) is 2. The number of nitrogens with one attached hydrogen (secondary N) is 1. The fourth-order valence-corrected chi connectivity index (χ4v) is 1.84. The van der Waals surface area contributed by atoms with E-state index in [1.165, 1.54) is 0 Å². The number of nitrogen functional groups attached to an aromatic ring is 1. The average molecular weight is 315 g/mol. The van der Waals surface area contributed by atoms with Crippen LogP contribution < -0.4 is 11.1 Å². The van der Waals surface area contributed by atoms with Gasteiger partial charge in [-0.1, -0.05) is 18.5 Å². The first-order chi connectivity index (χ1) is 10.1. The van der Waals surface area contributed by atoms with Gasteiger partial charge in [-0.25, -0.2) is 0 Å². The molecule has 21 heavy (non-hydrogen) atoms. The molecule has 0 heterocycles.